The van der Waals surface area contributed by atoms with Crippen molar-refractivity contribution in [3.05, 3.63) is 48.5 Å². The van der Waals surface area contributed by atoms with E-state index in [0.29, 0.717) is 0 Å². The molecule has 2 rings (SSSR count). The van der Waals surface area contributed by atoms with E-state index in [0.717, 1.165) is 4.90 Å². The van der Waals surface area contributed by atoms with E-state index in [9.17, 15) is 0 Å². The van der Waals surface area contributed by atoms with Gasteiger partial charge in [-0.25, -0.2) is 0 Å². The quantitative estimate of drug-likeness (QED) is 0.606. The van der Waals surface area contributed by atoms with Crippen molar-refractivity contribution >= 4 is 25.9 Å². The number of thiol groups is 1. The first-order valence-corrected chi connectivity index (χ1v) is 9.83. The van der Waals surface area contributed by atoms with E-state index in [4.69, 9.17) is 12.6 Å². The smallest absolute Gasteiger partial charge is 0.0790 e. The molecule has 2 aromatic carbocycles. The van der Waals surface area contributed by atoms with Crippen molar-refractivity contribution < 1.29 is 0 Å². The van der Waals surface area contributed by atoms with Gasteiger partial charge in [-0.05, 0) is 16.3 Å². The Morgan fingerprint density at radius 1 is 0.824 bits per heavy atom. The zero-order valence-electron chi connectivity index (χ0n) is 10.6. The van der Waals surface area contributed by atoms with Gasteiger partial charge in [0.15, 0.2) is 0 Å². The van der Waals surface area contributed by atoms with E-state index in [1.807, 2.05) is 6.07 Å². The molecule has 0 heterocycles. The average Bonchev–Trinajstić information content (AvgIpc) is 2.29. The van der Waals surface area contributed by atoms with Gasteiger partial charge in [0, 0.05) is 4.90 Å². The van der Waals surface area contributed by atoms with Gasteiger partial charge in [0.05, 0.1) is 8.07 Å². The Hall–Kier alpha value is -0.993. The third-order valence-electron chi connectivity index (χ3n) is 2.93. The lowest BCUT2D eigenvalue weighted by atomic mass is 10.1. The van der Waals surface area contributed by atoms with Crippen LogP contribution in [0.4, 0.5) is 0 Å². The molecule has 0 radical (unpaired) electrons. The third-order valence-corrected chi connectivity index (χ3v) is 5.65. The molecule has 0 aromatic heterocycles. The lowest BCUT2D eigenvalue weighted by molar-refractivity contribution is 1.47. The molecule has 0 nitrogen and oxygen atoms in total. The molecular formula is C15H18SSi. The van der Waals surface area contributed by atoms with Gasteiger partial charge in [0.1, 0.15) is 0 Å². The van der Waals surface area contributed by atoms with Crippen molar-refractivity contribution in [2.75, 3.05) is 0 Å². The second-order valence-electron chi connectivity index (χ2n) is 5.32. The van der Waals surface area contributed by atoms with Crippen LogP contribution >= 0.6 is 12.6 Å². The molecule has 0 aliphatic carbocycles. The van der Waals surface area contributed by atoms with Crippen LogP contribution in [0.3, 0.4) is 0 Å². The van der Waals surface area contributed by atoms with Crippen molar-refractivity contribution in [1.29, 1.82) is 0 Å². The monoisotopic (exact) mass is 258 g/mol. The molecule has 0 N–H and O–H groups in total. The zero-order valence-corrected chi connectivity index (χ0v) is 12.5. The van der Waals surface area contributed by atoms with Crippen LogP contribution in [0.2, 0.25) is 19.6 Å². The highest BCUT2D eigenvalue weighted by atomic mass is 32.1. The summed E-state index contributed by atoms with van der Waals surface area (Å²) in [5.41, 5.74) is 2.49. The van der Waals surface area contributed by atoms with E-state index in [-0.39, 0.29) is 0 Å². The van der Waals surface area contributed by atoms with Crippen LogP contribution in [0, 0.1) is 0 Å². The minimum Gasteiger partial charge on any atom is -0.143 e. The van der Waals surface area contributed by atoms with Gasteiger partial charge in [-0.15, -0.1) is 12.6 Å². The van der Waals surface area contributed by atoms with E-state index >= 15 is 0 Å². The Morgan fingerprint density at radius 3 is 2.06 bits per heavy atom. The highest BCUT2D eigenvalue weighted by Crippen LogP contribution is 2.26. The fourth-order valence-electron chi connectivity index (χ4n) is 2.00. The number of rotatable bonds is 2. The van der Waals surface area contributed by atoms with Crippen molar-refractivity contribution in [3.8, 4) is 11.1 Å². The first-order chi connectivity index (χ1) is 8.00. The van der Waals surface area contributed by atoms with Gasteiger partial charge >= 0.3 is 0 Å². The summed E-state index contributed by atoms with van der Waals surface area (Å²) >= 11 is 4.75. The molecule has 88 valence electrons. The van der Waals surface area contributed by atoms with Crippen molar-refractivity contribution in [3.63, 3.8) is 0 Å². The maximum atomic E-state index is 4.75. The van der Waals surface area contributed by atoms with Crippen LogP contribution in [0.1, 0.15) is 0 Å². The largest absolute Gasteiger partial charge is 0.143 e. The summed E-state index contributed by atoms with van der Waals surface area (Å²) in [6.45, 7) is 7.07. The van der Waals surface area contributed by atoms with Gasteiger partial charge in [-0.2, -0.15) is 0 Å². The maximum Gasteiger partial charge on any atom is 0.0790 e. The summed E-state index contributed by atoms with van der Waals surface area (Å²) in [6.07, 6.45) is 0. The number of benzene rings is 2. The third kappa shape index (κ3) is 2.64. The van der Waals surface area contributed by atoms with Crippen LogP contribution < -0.4 is 5.19 Å². The molecular weight excluding hydrogens is 240 g/mol. The summed E-state index contributed by atoms with van der Waals surface area (Å²) in [7, 11) is -1.32. The highest BCUT2D eigenvalue weighted by Gasteiger charge is 2.20. The fraction of sp³-hybridized carbons (Fsp3) is 0.200. The molecule has 0 unspecified atom stereocenters. The maximum absolute atomic E-state index is 4.75. The van der Waals surface area contributed by atoms with E-state index < -0.39 is 8.07 Å². The Bertz CT molecular complexity index is 512. The predicted octanol–water partition coefficient (Wildman–Crippen LogP) is 4.19. The summed E-state index contributed by atoms with van der Waals surface area (Å²) in [5, 5.41) is 1.43. The second kappa shape index (κ2) is 4.71. The molecule has 0 spiro atoms. The molecule has 17 heavy (non-hydrogen) atoms. The van der Waals surface area contributed by atoms with Crippen LogP contribution in [-0.4, -0.2) is 8.07 Å². The highest BCUT2D eigenvalue weighted by molar-refractivity contribution is 7.80. The molecule has 0 aliphatic heterocycles. The van der Waals surface area contributed by atoms with Crippen LogP contribution in [0.25, 0.3) is 11.1 Å². The van der Waals surface area contributed by atoms with E-state index in [1.165, 1.54) is 16.3 Å². The molecule has 0 saturated heterocycles. The van der Waals surface area contributed by atoms with Gasteiger partial charge in [-0.1, -0.05) is 68.2 Å². The number of hydrogen-bond acceptors (Lipinski definition) is 1. The Balaban J connectivity index is 2.58. The normalized spacial score (nSPS) is 11.5. The van der Waals surface area contributed by atoms with Crippen molar-refractivity contribution in [2.24, 2.45) is 0 Å². The van der Waals surface area contributed by atoms with Crippen molar-refractivity contribution in [2.45, 2.75) is 24.5 Å². The first-order valence-electron chi connectivity index (χ1n) is 5.88. The average molecular weight is 258 g/mol. The summed E-state index contributed by atoms with van der Waals surface area (Å²) in [4.78, 5) is 1.15. The molecule has 0 bridgehead atoms. The van der Waals surface area contributed by atoms with Gasteiger partial charge in [0.25, 0.3) is 0 Å². The van der Waals surface area contributed by atoms with Gasteiger partial charge < -0.3 is 0 Å². The van der Waals surface area contributed by atoms with Gasteiger partial charge in [0.2, 0.25) is 0 Å². The van der Waals surface area contributed by atoms with E-state index in [2.05, 4.69) is 62.1 Å². The molecule has 0 atom stereocenters. The summed E-state index contributed by atoms with van der Waals surface area (Å²) in [6, 6.07) is 17.0. The SMILES string of the molecule is C[Si](C)(C)c1cccc(-c2ccccc2)c1S. The van der Waals surface area contributed by atoms with E-state index in [1.54, 1.807) is 0 Å². The molecule has 0 amide bonds. The lowest BCUT2D eigenvalue weighted by Crippen LogP contribution is -2.38. The first kappa shape index (κ1) is 12.5. The zero-order chi connectivity index (χ0) is 12.5. The number of hydrogen-bond donors (Lipinski definition) is 1. The van der Waals surface area contributed by atoms with Crippen LogP contribution in [0.5, 0.6) is 0 Å². The molecule has 0 fully saturated rings. The van der Waals surface area contributed by atoms with Crippen molar-refractivity contribution in [1.82, 2.24) is 0 Å². The molecule has 0 saturated carbocycles. The Kier molecular flexibility index (Phi) is 3.45. The van der Waals surface area contributed by atoms with Crippen LogP contribution in [-0.2, 0) is 0 Å². The Labute approximate surface area is 110 Å². The van der Waals surface area contributed by atoms with Crippen LogP contribution in [0.15, 0.2) is 53.4 Å². The minimum absolute atomic E-state index is 1.15. The standard InChI is InChI=1S/C15H18SSi/c1-17(2,3)14-11-7-10-13(15(14)16)12-8-5-4-6-9-12/h4-11,16H,1-3H3. The lowest BCUT2D eigenvalue weighted by Gasteiger charge is -2.21. The minimum atomic E-state index is -1.32. The van der Waals surface area contributed by atoms with Gasteiger partial charge in [-0.3, -0.25) is 0 Å². The summed E-state index contributed by atoms with van der Waals surface area (Å²) in [5.74, 6) is 0. The predicted molar refractivity (Wildman–Crippen MR) is 82.1 cm³/mol. The Morgan fingerprint density at radius 2 is 1.47 bits per heavy atom. The topological polar surface area (TPSA) is 0 Å². The molecule has 2 aromatic rings. The molecule has 2 heteroatoms. The summed E-state index contributed by atoms with van der Waals surface area (Å²) < 4.78 is 0. The fourth-order valence-corrected chi connectivity index (χ4v) is 4.73. The second-order valence-corrected chi connectivity index (χ2v) is 10.8. The molecule has 0 aliphatic rings.